The van der Waals surface area contributed by atoms with Crippen LogP contribution in [0.5, 0.6) is 0 Å². The largest absolute Gasteiger partial charge is 0.354 e. The van der Waals surface area contributed by atoms with Gasteiger partial charge in [-0.1, -0.05) is 32.3 Å². The lowest BCUT2D eigenvalue weighted by Crippen LogP contribution is -2.29. The number of hydrogen-bond donors (Lipinski definition) is 1. The molecule has 0 bridgehead atoms. The molecule has 1 N–H and O–H groups in total. The standard InChI is InChI=1S/C28H34FN5O2/c1-2-3-17-30-27-31-18-24-26(32-27)34(28(36)33(24)22-8-4-5-9-22)23-10-6-7-19(13-16-23)25(35)20-11-14-21(29)15-12-20/h7,11-12,14-15,18,22-23H,2-6,8-10,13,16-17H2,1H3,(H,30,31,32). The van der Waals surface area contributed by atoms with E-state index in [0.717, 1.165) is 62.6 Å². The van der Waals surface area contributed by atoms with Gasteiger partial charge in [0.25, 0.3) is 0 Å². The molecule has 190 valence electrons. The van der Waals surface area contributed by atoms with Crippen LogP contribution in [0.2, 0.25) is 0 Å². The molecule has 0 saturated heterocycles. The van der Waals surface area contributed by atoms with Crippen molar-refractivity contribution in [2.75, 3.05) is 11.9 Å². The monoisotopic (exact) mass is 491 g/mol. The van der Waals surface area contributed by atoms with Gasteiger partial charge in [0.2, 0.25) is 5.95 Å². The van der Waals surface area contributed by atoms with Crippen molar-refractivity contribution in [2.24, 2.45) is 0 Å². The molecule has 2 aromatic heterocycles. The van der Waals surface area contributed by atoms with Crippen molar-refractivity contribution < 1.29 is 9.18 Å². The lowest BCUT2D eigenvalue weighted by Gasteiger charge is -2.16. The Morgan fingerprint density at radius 2 is 1.83 bits per heavy atom. The van der Waals surface area contributed by atoms with Crippen molar-refractivity contribution in [3.8, 4) is 0 Å². The van der Waals surface area contributed by atoms with Crippen LogP contribution in [0, 0.1) is 5.82 Å². The summed E-state index contributed by atoms with van der Waals surface area (Å²) in [7, 11) is 0. The maximum atomic E-state index is 13.8. The number of halogens is 1. The van der Waals surface area contributed by atoms with Gasteiger partial charge in [-0.15, -0.1) is 0 Å². The number of anilines is 1. The van der Waals surface area contributed by atoms with Crippen LogP contribution in [0.1, 0.15) is 93.6 Å². The minimum absolute atomic E-state index is 0.0183. The van der Waals surface area contributed by atoms with E-state index in [0.29, 0.717) is 36.4 Å². The minimum Gasteiger partial charge on any atom is -0.354 e. The summed E-state index contributed by atoms with van der Waals surface area (Å²) in [6, 6.07) is 5.82. The van der Waals surface area contributed by atoms with Crippen LogP contribution in [-0.4, -0.2) is 31.4 Å². The molecule has 1 unspecified atom stereocenters. The van der Waals surface area contributed by atoms with Crippen molar-refractivity contribution in [3.63, 3.8) is 0 Å². The molecule has 2 heterocycles. The topological polar surface area (TPSA) is 81.8 Å². The number of carbonyl (C=O) groups is 1. The molecule has 8 heteroatoms. The van der Waals surface area contributed by atoms with Gasteiger partial charge in [-0.05, 0) is 74.8 Å². The molecule has 1 saturated carbocycles. The van der Waals surface area contributed by atoms with Crippen molar-refractivity contribution in [1.82, 2.24) is 19.1 Å². The average molecular weight is 492 g/mol. The van der Waals surface area contributed by atoms with E-state index in [-0.39, 0.29) is 29.4 Å². The van der Waals surface area contributed by atoms with E-state index >= 15 is 0 Å². The number of aromatic nitrogens is 4. The highest BCUT2D eigenvalue weighted by molar-refractivity contribution is 6.08. The molecule has 0 aliphatic heterocycles. The number of unbranched alkanes of at least 4 members (excludes halogenated alkanes) is 1. The number of nitrogens with zero attached hydrogens (tertiary/aromatic N) is 4. The first kappa shape index (κ1) is 24.4. The number of hydrogen-bond acceptors (Lipinski definition) is 5. The third-order valence-electron chi connectivity index (χ3n) is 7.55. The highest BCUT2D eigenvalue weighted by Crippen LogP contribution is 2.34. The van der Waals surface area contributed by atoms with Gasteiger partial charge in [0, 0.05) is 24.2 Å². The molecule has 3 aromatic rings. The summed E-state index contributed by atoms with van der Waals surface area (Å²) in [6.07, 6.45) is 12.8. The van der Waals surface area contributed by atoms with Crippen LogP contribution < -0.4 is 11.0 Å². The second-order valence-corrected chi connectivity index (χ2v) is 9.98. The molecule has 2 aliphatic carbocycles. The van der Waals surface area contributed by atoms with Crippen LogP contribution in [0.15, 0.2) is 46.9 Å². The van der Waals surface area contributed by atoms with Gasteiger partial charge in [-0.2, -0.15) is 4.98 Å². The molecule has 36 heavy (non-hydrogen) atoms. The van der Waals surface area contributed by atoms with E-state index in [1.54, 1.807) is 6.20 Å². The minimum atomic E-state index is -0.356. The van der Waals surface area contributed by atoms with E-state index < -0.39 is 0 Å². The zero-order valence-electron chi connectivity index (χ0n) is 20.9. The predicted molar refractivity (Wildman–Crippen MR) is 139 cm³/mol. The van der Waals surface area contributed by atoms with Crippen LogP contribution in [0.3, 0.4) is 0 Å². The highest BCUT2D eigenvalue weighted by Gasteiger charge is 2.29. The summed E-state index contributed by atoms with van der Waals surface area (Å²) < 4.78 is 17.1. The normalized spacial score (nSPS) is 18.8. The molecule has 5 rings (SSSR count). The Kier molecular flexibility index (Phi) is 7.30. The molecular formula is C28H34FN5O2. The zero-order chi connectivity index (χ0) is 25.1. The zero-order valence-corrected chi connectivity index (χ0v) is 20.9. The van der Waals surface area contributed by atoms with Crippen molar-refractivity contribution in [3.05, 3.63) is 64.0 Å². The van der Waals surface area contributed by atoms with E-state index in [1.165, 1.54) is 24.3 Å². The number of rotatable bonds is 8. The maximum absolute atomic E-state index is 13.8. The lowest BCUT2D eigenvalue weighted by molar-refractivity contribution is 0.103. The number of Topliss-reactive ketones (excluding diaryl/α,β-unsaturated/α-hetero) is 1. The molecule has 0 radical (unpaired) electrons. The fourth-order valence-corrected chi connectivity index (χ4v) is 5.60. The quantitative estimate of drug-likeness (QED) is 0.309. The molecule has 7 nitrogen and oxygen atoms in total. The smallest absolute Gasteiger partial charge is 0.330 e. The first-order valence-corrected chi connectivity index (χ1v) is 13.3. The fraction of sp³-hybridized carbons (Fsp3) is 0.500. The number of allylic oxidation sites excluding steroid dienone is 2. The average Bonchev–Trinajstić information content (AvgIpc) is 3.42. The summed E-state index contributed by atoms with van der Waals surface area (Å²) in [4.78, 5) is 36.2. The summed E-state index contributed by atoms with van der Waals surface area (Å²) in [6.45, 7) is 2.93. The Hall–Kier alpha value is -3.29. The molecule has 0 spiro atoms. The third kappa shape index (κ3) is 4.86. The predicted octanol–water partition coefficient (Wildman–Crippen LogP) is 5.98. The number of fused-ring (bicyclic) bond motifs is 1. The summed E-state index contributed by atoms with van der Waals surface area (Å²) in [5, 5.41) is 3.29. The Morgan fingerprint density at radius 1 is 1.08 bits per heavy atom. The SMILES string of the molecule is CCCCNc1ncc2c(n1)n(C1CCC=C(C(=O)c3ccc(F)cc3)CC1)c(=O)n2C1CCCC1. The maximum Gasteiger partial charge on any atom is 0.330 e. The molecule has 2 aliphatic rings. The summed E-state index contributed by atoms with van der Waals surface area (Å²) in [5.41, 5.74) is 2.68. The van der Waals surface area contributed by atoms with Gasteiger partial charge in [0.1, 0.15) is 11.3 Å². The number of imidazole rings is 1. The van der Waals surface area contributed by atoms with Gasteiger partial charge in [0.15, 0.2) is 11.4 Å². The van der Waals surface area contributed by atoms with Gasteiger partial charge in [-0.3, -0.25) is 13.9 Å². The number of nitrogens with one attached hydrogen (secondary N) is 1. The van der Waals surface area contributed by atoms with Crippen molar-refractivity contribution >= 4 is 22.9 Å². The van der Waals surface area contributed by atoms with Gasteiger partial charge in [-0.25, -0.2) is 14.2 Å². The number of carbonyl (C=O) groups excluding carboxylic acids is 1. The molecule has 1 aromatic carbocycles. The highest BCUT2D eigenvalue weighted by atomic mass is 19.1. The van der Waals surface area contributed by atoms with Crippen LogP contribution in [-0.2, 0) is 0 Å². The molecule has 0 amide bonds. The Morgan fingerprint density at radius 3 is 2.58 bits per heavy atom. The fourth-order valence-electron chi connectivity index (χ4n) is 5.60. The summed E-state index contributed by atoms with van der Waals surface area (Å²) >= 11 is 0. The van der Waals surface area contributed by atoms with Crippen LogP contribution in [0.25, 0.3) is 11.2 Å². The van der Waals surface area contributed by atoms with E-state index in [4.69, 9.17) is 4.98 Å². The third-order valence-corrected chi connectivity index (χ3v) is 7.55. The number of benzene rings is 1. The van der Waals surface area contributed by atoms with Crippen molar-refractivity contribution in [1.29, 1.82) is 0 Å². The molecule has 1 atom stereocenters. The van der Waals surface area contributed by atoms with Gasteiger partial charge < -0.3 is 5.32 Å². The lowest BCUT2D eigenvalue weighted by atomic mass is 9.99. The Balaban J connectivity index is 1.45. The van der Waals surface area contributed by atoms with Crippen LogP contribution in [0.4, 0.5) is 10.3 Å². The van der Waals surface area contributed by atoms with Crippen LogP contribution >= 0.6 is 0 Å². The Labute approximate surface area is 210 Å². The van der Waals surface area contributed by atoms with Crippen molar-refractivity contribution in [2.45, 2.75) is 83.2 Å². The molecule has 1 fully saturated rings. The van der Waals surface area contributed by atoms with E-state index in [1.807, 2.05) is 15.2 Å². The second kappa shape index (κ2) is 10.8. The number of ketones is 1. The van der Waals surface area contributed by atoms with Gasteiger partial charge in [0.05, 0.1) is 6.20 Å². The first-order chi connectivity index (χ1) is 17.6. The van der Waals surface area contributed by atoms with Gasteiger partial charge >= 0.3 is 5.69 Å². The summed E-state index contributed by atoms with van der Waals surface area (Å²) in [5.74, 6) is 0.123. The molecular weight excluding hydrogens is 457 g/mol. The van der Waals surface area contributed by atoms with E-state index in [9.17, 15) is 14.0 Å². The Bertz CT molecular complexity index is 1320. The second-order valence-electron chi connectivity index (χ2n) is 9.98. The van der Waals surface area contributed by atoms with E-state index in [2.05, 4.69) is 17.2 Å². The first-order valence-electron chi connectivity index (χ1n) is 13.3.